The summed E-state index contributed by atoms with van der Waals surface area (Å²) in [6, 6.07) is 28.4. The molecule has 0 amide bonds. The molecule has 458 valence electrons. The first-order chi connectivity index (χ1) is 41.3. The Balaban J connectivity index is 0.610. The van der Waals surface area contributed by atoms with Crippen molar-refractivity contribution in [1.82, 2.24) is 24.7 Å². The molecular formula is C75H112AlN5O3. The second kappa shape index (κ2) is 28.8. The van der Waals surface area contributed by atoms with Gasteiger partial charge in [-0.2, -0.15) is 0 Å². The second-order valence-corrected chi connectivity index (χ2v) is 31.4. The van der Waals surface area contributed by atoms with Crippen LogP contribution in [0, 0.1) is 43.4 Å². The zero-order valence-electron chi connectivity index (χ0n) is 53.0. The molecule has 0 spiro atoms. The Bertz CT molecular complexity index is 2580. The summed E-state index contributed by atoms with van der Waals surface area (Å²) in [6.07, 6.45) is 56.4. The Morgan fingerprint density at radius 3 is 1.06 bits per heavy atom. The van der Waals surface area contributed by atoms with Crippen LogP contribution in [0.3, 0.4) is 0 Å². The topological polar surface area (TPSA) is 63.2 Å². The third-order valence-electron chi connectivity index (χ3n) is 24.8. The van der Waals surface area contributed by atoms with E-state index in [4.69, 9.17) is 21.3 Å². The van der Waals surface area contributed by atoms with Crippen LogP contribution in [-0.2, 0) is 3.79 Å². The van der Waals surface area contributed by atoms with Crippen molar-refractivity contribution < 1.29 is 11.4 Å². The Labute approximate surface area is 514 Å². The van der Waals surface area contributed by atoms with Crippen LogP contribution < -0.4 is 7.58 Å². The first-order valence-electron chi connectivity index (χ1n) is 36.4. The van der Waals surface area contributed by atoms with E-state index in [-0.39, 0.29) is 6.10 Å². The van der Waals surface area contributed by atoms with E-state index in [2.05, 4.69) is 70.2 Å². The predicted molar refractivity (Wildman–Crippen MR) is 348 cm³/mol. The minimum atomic E-state index is -2.75. The van der Waals surface area contributed by atoms with Crippen molar-refractivity contribution in [3.8, 4) is 11.5 Å². The van der Waals surface area contributed by atoms with Crippen LogP contribution in [0.5, 0.6) is 11.5 Å². The van der Waals surface area contributed by atoms with Gasteiger partial charge < -0.3 is 11.4 Å². The lowest BCUT2D eigenvalue weighted by atomic mass is 9.70. The fourth-order valence-electron chi connectivity index (χ4n) is 20.5. The number of rotatable bonds is 17. The number of nitrogens with zero attached hydrogens (tertiary/aromatic N) is 5. The molecule has 0 aliphatic heterocycles. The van der Waals surface area contributed by atoms with Gasteiger partial charge >= 0.3 is 15.1 Å². The molecule has 0 N–H and O–H groups in total. The van der Waals surface area contributed by atoms with Crippen LogP contribution in [0.2, 0.25) is 0 Å². The third kappa shape index (κ3) is 14.4. The van der Waals surface area contributed by atoms with Crippen LogP contribution in [-0.4, -0.2) is 100 Å². The van der Waals surface area contributed by atoms with E-state index in [1.807, 2.05) is 26.0 Å². The van der Waals surface area contributed by atoms with Crippen LogP contribution >= 0.6 is 0 Å². The van der Waals surface area contributed by atoms with Crippen molar-refractivity contribution >= 4 is 37.0 Å². The first kappa shape index (κ1) is 60.2. The van der Waals surface area contributed by atoms with E-state index in [0.29, 0.717) is 0 Å². The Kier molecular flexibility index (Phi) is 20.6. The number of pyridine rings is 2. The molecule has 2 aromatic carbocycles. The molecule has 0 radical (unpaired) electrons. The van der Waals surface area contributed by atoms with Crippen LogP contribution in [0.15, 0.2) is 60.7 Å². The standard InChI is InChI=1S/C55H96N3O.2C10H9NO.Al/c1-41-12-11-19-54(40-41)58(48-17-9-4-10-18-48)51-32-24-43(25-33-51)42-20-28-49(29-21-42)56(46-13-5-2-6-14-46)52-34-36-53(37-35-52)57(47-15-7-3-8-16-47)50-30-22-44(23-31-50)45-26-38-55(59)39-27-45;2*1-7-5-6-8-3-2-4-9(12)10(8)11-7;/h41-55H,2-40H2,1H3;2*2-6,12H,1H3;/q-1;;;+3/p-2. The number of hydrogen-bond acceptors (Lipinski definition) is 8. The van der Waals surface area contributed by atoms with Gasteiger partial charge in [-0.1, -0.05) is 114 Å². The van der Waals surface area contributed by atoms with Crippen molar-refractivity contribution in [1.29, 1.82) is 0 Å². The molecule has 13 rings (SSSR count). The molecule has 4 aromatic rings. The van der Waals surface area contributed by atoms with Crippen molar-refractivity contribution in [2.45, 2.75) is 332 Å². The summed E-state index contributed by atoms with van der Waals surface area (Å²) < 4.78 is 20.8. The average Bonchev–Trinajstić information content (AvgIpc) is 3.74. The number of para-hydroxylation sites is 2. The number of hydrogen-bond donors (Lipinski definition) is 0. The number of aryl methyl sites for hydroxylation is 2. The molecule has 2 unspecified atom stereocenters. The normalized spacial score (nSPS) is 33.0. The molecule has 9 saturated carbocycles. The maximum Gasteiger partial charge on any atom is 1.10 e. The molecule has 8 nitrogen and oxygen atoms in total. The first-order valence-corrected chi connectivity index (χ1v) is 37.8. The molecule has 9 heteroatoms. The van der Waals surface area contributed by atoms with E-state index in [9.17, 15) is 0 Å². The molecule has 0 saturated heterocycles. The number of benzene rings is 2. The maximum absolute atomic E-state index is 7.06. The van der Waals surface area contributed by atoms with Crippen molar-refractivity contribution in [3.05, 3.63) is 72.1 Å². The number of aromatic nitrogens is 2. The van der Waals surface area contributed by atoms with Gasteiger partial charge in [0.2, 0.25) is 0 Å². The van der Waals surface area contributed by atoms with Gasteiger partial charge in [0.15, 0.2) is 0 Å². The molecule has 2 heterocycles. The molecule has 9 aliphatic carbocycles. The van der Waals surface area contributed by atoms with Gasteiger partial charge in [0.25, 0.3) is 0 Å². The minimum Gasteiger partial charge on any atom is -0.587 e. The van der Waals surface area contributed by atoms with Gasteiger partial charge in [-0.25, -0.2) is 9.97 Å². The van der Waals surface area contributed by atoms with Gasteiger partial charge in [-0.05, 0) is 247 Å². The summed E-state index contributed by atoms with van der Waals surface area (Å²) in [5, 5.41) is 2.14. The molecule has 2 aromatic heterocycles. The van der Waals surface area contributed by atoms with E-state index < -0.39 is 15.1 Å². The van der Waals surface area contributed by atoms with Crippen molar-refractivity contribution in [2.75, 3.05) is 0 Å². The maximum atomic E-state index is 7.06. The highest BCUT2D eigenvalue weighted by molar-refractivity contribution is 6.39. The lowest BCUT2D eigenvalue weighted by molar-refractivity contribution is -0.0295. The van der Waals surface area contributed by atoms with E-state index in [0.717, 1.165) is 142 Å². The van der Waals surface area contributed by atoms with Gasteiger partial charge in [0.05, 0.1) is 0 Å². The molecule has 0 bridgehead atoms. The van der Waals surface area contributed by atoms with E-state index in [1.54, 1.807) is 0 Å². The summed E-state index contributed by atoms with van der Waals surface area (Å²) in [5.41, 5.74) is 3.69. The van der Waals surface area contributed by atoms with Crippen molar-refractivity contribution in [2.24, 2.45) is 29.6 Å². The smallest absolute Gasteiger partial charge is 0.587 e. The lowest BCUT2D eigenvalue weighted by Crippen LogP contribution is -2.56. The molecule has 9 fully saturated rings. The second-order valence-electron chi connectivity index (χ2n) is 30.1. The quantitative estimate of drug-likeness (QED) is 0.0969. The van der Waals surface area contributed by atoms with E-state index >= 15 is 0 Å². The molecule has 9 aliphatic rings. The largest absolute Gasteiger partial charge is 1.10 e. The molecule has 84 heavy (non-hydrogen) atoms. The fourth-order valence-corrected chi connectivity index (χ4v) is 22.1. The van der Waals surface area contributed by atoms with Crippen LogP contribution in [0.1, 0.15) is 269 Å². The zero-order chi connectivity index (χ0) is 56.8. The fraction of sp³-hybridized carbons (Fsp3) is 0.760. The third-order valence-corrected chi connectivity index (χ3v) is 26.3. The summed E-state index contributed by atoms with van der Waals surface area (Å²) in [7, 11) is 0. The Morgan fingerprint density at radius 1 is 0.345 bits per heavy atom. The Morgan fingerprint density at radius 2 is 0.679 bits per heavy atom. The minimum absolute atomic E-state index is 0.136. The zero-order valence-corrected chi connectivity index (χ0v) is 54.2. The Hall–Kier alpha value is -2.77. The van der Waals surface area contributed by atoms with Gasteiger partial charge in [0.1, 0.15) is 22.5 Å². The van der Waals surface area contributed by atoms with Gasteiger partial charge in [-0.15, -0.1) is 0 Å². The molecule has 2 atom stereocenters. The molecular weight excluding hydrogens is 1050 g/mol. The highest BCUT2D eigenvalue weighted by atomic mass is 27.3. The van der Waals surface area contributed by atoms with Crippen LogP contribution in [0.25, 0.3) is 21.8 Å². The van der Waals surface area contributed by atoms with Crippen molar-refractivity contribution in [3.63, 3.8) is 0 Å². The average molecular weight is 1160 g/mol. The summed E-state index contributed by atoms with van der Waals surface area (Å²) in [5.74, 6) is 6.08. The van der Waals surface area contributed by atoms with E-state index in [1.165, 1.54) is 238 Å². The summed E-state index contributed by atoms with van der Waals surface area (Å²) in [4.78, 5) is 19.6. The highest BCUT2D eigenvalue weighted by Crippen LogP contribution is 2.48. The summed E-state index contributed by atoms with van der Waals surface area (Å²) >= 11 is -2.75. The number of fused-ring (bicyclic) bond motifs is 2. The van der Waals surface area contributed by atoms with Gasteiger partial charge in [-0.3, -0.25) is 14.7 Å². The SMILES string of the molecule is Cc1ccc2cccc([O][Al]([O]c3cccc4ccc(C)nc34)[O]C3CCC(C4CCC(N(C5CCCCC5)C5CCC(N(C6CCCCC6)C6CCC(C7CCC(N(C8CCCCC8)C8CCCC(C)C8)CC7)CC6)CC5)CC4)CC3)c2n1. The predicted octanol–water partition coefficient (Wildman–Crippen LogP) is 18.9. The summed E-state index contributed by atoms with van der Waals surface area (Å²) in [6.45, 7) is 6.65. The highest BCUT2D eigenvalue weighted by Gasteiger charge is 2.47. The monoisotopic (exact) mass is 1160 g/mol. The van der Waals surface area contributed by atoms with Gasteiger partial charge in [0, 0.05) is 82.6 Å². The lowest BCUT2D eigenvalue weighted by Gasteiger charge is -2.53. The van der Waals surface area contributed by atoms with Crippen LogP contribution in [0.4, 0.5) is 0 Å².